The molecule has 2 rings (SSSR count). The Labute approximate surface area is 145 Å². The highest BCUT2D eigenvalue weighted by molar-refractivity contribution is 7.89. The summed E-state index contributed by atoms with van der Waals surface area (Å²) >= 11 is 0. The van der Waals surface area contributed by atoms with E-state index in [0.717, 1.165) is 16.4 Å². The fourth-order valence-corrected chi connectivity index (χ4v) is 3.66. The number of hydrogen-bond donors (Lipinski definition) is 2. The van der Waals surface area contributed by atoms with Crippen molar-refractivity contribution in [1.82, 2.24) is 14.5 Å². The van der Waals surface area contributed by atoms with Crippen molar-refractivity contribution < 1.29 is 27.5 Å². The van der Waals surface area contributed by atoms with Gasteiger partial charge in [-0.05, 0) is 30.7 Å². The van der Waals surface area contributed by atoms with Crippen molar-refractivity contribution in [2.24, 2.45) is 5.92 Å². The number of amides is 2. The normalized spacial score (nSPS) is 17.7. The van der Waals surface area contributed by atoms with Gasteiger partial charge in [-0.3, -0.25) is 4.79 Å². The average Bonchev–Trinajstić information content (AvgIpc) is 3.05. The number of nitrogens with one attached hydrogen (secondary N) is 1. The second-order valence-corrected chi connectivity index (χ2v) is 7.83. The minimum absolute atomic E-state index is 0.0294. The zero-order chi connectivity index (χ0) is 18.6. The van der Waals surface area contributed by atoms with Crippen LogP contribution in [-0.2, 0) is 14.8 Å². The van der Waals surface area contributed by atoms with E-state index in [1.807, 2.05) is 0 Å². The molecule has 1 aromatic carbocycles. The van der Waals surface area contributed by atoms with Crippen molar-refractivity contribution in [3.63, 3.8) is 0 Å². The summed E-state index contributed by atoms with van der Waals surface area (Å²) in [4.78, 5) is 24.2. The van der Waals surface area contributed by atoms with Crippen LogP contribution >= 0.6 is 0 Å². The minimum atomic E-state index is -3.77. The fraction of sp³-hybridized carbons (Fsp3) is 0.467. The van der Waals surface area contributed by atoms with E-state index in [1.54, 1.807) is 0 Å². The third kappa shape index (κ3) is 4.67. The van der Waals surface area contributed by atoms with E-state index in [9.17, 15) is 22.4 Å². The summed E-state index contributed by atoms with van der Waals surface area (Å²) < 4.78 is 38.6. The topological polar surface area (TPSA) is 107 Å². The summed E-state index contributed by atoms with van der Waals surface area (Å²) in [7, 11) is -2.41. The number of hydrogen-bond acceptors (Lipinski definition) is 4. The lowest BCUT2D eigenvalue weighted by atomic mass is 10.1. The molecular weight excluding hydrogens is 353 g/mol. The molecule has 1 fully saturated rings. The van der Waals surface area contributed by atoms with Crippen LogP contribution in [0, 0.1) is 11.7 Å². The number of sulfonamides is 1. The molecule has 0 radical (unpaired) electrons. The van der Waals surface area contributed by atoms with Crippen molar-refractivity contribution in [2.45, 2.75) is 11.3 Å². The molecule has 0 aromatic heterocycles. The molecule has 10 heteroatoms. The van der Waals surface area contributed by atoms with E-state index in [2.05, 4.69) is 5.32 Å². The highest BCUT2D eigenvalue weighted by Gasteiger charge is 2.30. The predicted molar refractivity (Wildman–Crippen MR) is 86.9 cm³/mol. The molecule has 0 bridgehead atoms. The van der Waals surface area contributed by atoms with E-state index < -0.39 is 33.8 Å². The van der Waals surface area contributed by atoms with Crippen LogP contribution in [0.2, 0.25) is 0 Å². The first-order valence-corrected chi connectivity index (χ1v) is 9.13. The van der Waals surface area contributed by atoms with Gasteiger partial charge in [0, 0.05) is 33.2 Å². The molecule has 0 aliphatic carbocycles. The van der Waals surface area contributed by atoms with Crippen molar-refractivity contribution in [1.29, 1.82) is 0 Å². The number of urea groups is 1. The largest absolute Gasteiger partial charge is 0.481 e. The van der Waals surface area contributed by atoms with Crippen LogP contribution in [0.15, 0.2) is 29.2 Å². The maximum absolute atomic E-state index is 12.9. The first kappa shape index (κ1) is 19.1. The third-order valence-electron chi connectivity index (χ3n) is 4.05. The van der Waals surface area contributed by atoms with E-state index >= 15 is 0 Å². The monoisotopic (exact) mass is 373 g/mol. The second kappa shape index (κ2) is 7.79. The summed E-state index contributed by atoms with van der Waals surface area (Å²) in [6.07, 6.45) is 0.404. The number of rotatable bonds is 6. The standard InChI is InChI=1S/C15H20FN3O5S/c1-18(25(23,24)13-4-2-12(16)3-5-13)9-7-17-15(22)19-8-6-11(10-19)14(20)21/h2-5,11H,6-10H2,1H3,(H,17,22)(H,20,21). The summed E-state index contributed by atoms with van der Waals surface area (Å²) in [6, 6.07) is 4.06. The van der Waals surface area contributed by atoms with Crippen LogP contribution < -0.4 is 5.32 Å². The summed E-state index contributed by atoms with van der Waals surface area (Å²) in [5, 5.41) is 11.5. The molecule has 1 heterocycles. The van der Waals surface area contributed by atoms with Crippen LogP contribution in [0.3, 0.4) is 0 Å². The Balaban J connectivity index is 1.83. The summed E-state index contributed by atoms with van der Waals surface area (Å²) in [6.45, 7) is 0.600. The van der Waals surface area contributed by atoms with Crippen LogP contribution in [0.5, 0.6) is 0 Å². The van der Waals surface area contributed by atoms with Gasteiger partial charge in [0.05, 0.1) is 10.8 Å². The number of likely N-dealkylation sites (N-methyl/N-ethyl adjacent to an activating group) is 1. The first-order valence-electron chi connectivity index (χ1n) is 7.69. The highest BCUT2D eigenvalue weighted by atomic mass is 32.2. The van der Waals surface area contributed by atoms with E-state index in [0.29, 0.717) is 13.0 Å². The van der Waals surface area contributed by atoms with Crippen molar-refractivity contribution in [2.75, 3.05) is 33.2 Å². The Morgan fingerprint density at radius 3 is 2.56 bits per heavy atom. The number of benzene rings is 1. The SMILES string of the molecule is CN(CCNC(=O)N1CCC(C(=O)O)C1)S(=O)(=O)c1ccc(F)cc1. The predicted octanol–water partition coefficient (Wildman–Crippen LogP) is 0.562. The molecule has 138 valence electrons. The molecule has 1 aromatic rings. The lowest BCUT2D eigenvalue weighted by Crippen LogP contribution is -2.42. The fourth-order valence-electron chi connectivity index (χ4n) is 2.49. The van der Waals surface area contributed by atoms with Gasteiger partial charge in [-0.1, -0.05) is 0 Å². The number of nitrogens with zero attached hydrogens (tertiary/aromatic N) is 2. The van der Waals surface area contributed by atoms with Gasteiger partial charge in [0.15, 0.2) is 0 Å². The molecule has 2 N–H and O–H groups in total. The number of carbonyl (C=O) groups is 2. The number of aliphatic carboxylic acids is 1. The number of carboxylic acid groups (broad SMARTS) is 1. The molecule has 0 saturated carbocycles. The van der Waals surface area contributed by atoms with Gasteiger partial charge < -0.3 is 15.3 Å². The molecule has 1 aliphatic rings. The third-order valence-corrected chi connectivity index (χ3v) is 5.92. The van der Waals surface area contributed by atoms with Crippen LogP contribution in [-0.4, -0.2) is 68.0 Å². The van der Waals surface area contributed by atoms with E-state index in [1.165, 1.54) is 24.1 Å². The number of carboxylic acids is 1. The Bertz CT molecular complexity index is 738. The Morgan fingerprint density at radius 1 is 1.36 bits per heavy atom. The molecule has 25 heavy (non-hydrogen) atoms. The quantitative estimate of drug-likeness (QED) is 0.758. The van der Waals surface area contributed by atoms with Crippen molar-refractivity contribution in [3.05, 3.63) is 30.1 Å². The minimum Gasteiger partial charge on any atom is -0.481 e. The zero-order valence-electron chi connectivity index (χ0n) is 13.7. The van der Waals surface area contributed by atoms with Gasteiger partial charge >= 0.3 is 12.0 Å². The van der Waals surface area contributed by atoms with Crippen LogP contribution in [0.4, 0.5) is 9.18 Å². The van der Waals surface area contributed by atoms with Gasteiger partial charge in [-0.15, -0.1) is 0 Å². The molecule has 8 nitrogen and oxygen atoms in total. The number of carbonyl (C=O) groups excluding carboxylic acids is 1. The van der Waals surface area contributed by atoms with Gasteiger partial charge in [0.1, 0.15) is 5.82 Å². The second-order valence-electron chi connectivity index (χ2n) is 5.78. The average molecular weight is 373 g/mol. The Morgan fingerprint density at radius 2 is 2.00 bits per heavy atom. The Hall–Kier alpha value is -2.20. The lowest BCUT2D eigenvalue weighted by Gasteiger charge is -2.20. The molecule has 1 aliphatic heterocycles. The van der Waals surface area contributed by atoms with Gasteiger partial charge in [-0.25, -0.2) is 17.6 Å². The smallest absolute Gasteiger partial charge is 0.317 e. The summed E-state index contributed by atoms with van der Waals surface area (Å²) in [5.74, 6) is -2.02. The molecule has 1 atom stereocenters. The zero-order valence-corrected chi connectivity index (χ0v) is 14.5. The van der Waals surface area contributed by atoms with E-state index in [4.69, 9.17) is 5.11 Å². The summed E-state index contributed by atoms with van der Waals surface area (Å²) in [5.41, 5.74) is 0. The molecule has 1 unspecified atom stereocenters. The van der Waals surface area contributed by atoms with Gasteiger partial charge in [-0.2, -0.15) is 4.31 Å². The molecule has 0 spiro atoms. The Kier molecular flexibility index (Phi) is 5.96. The molecule has 1 saturated heterocycles. The lowest BCUT2D eigenvalue weighted by molar-refractivity contribution is -0.141. The van der Waals surface area contributed by atoms with Gasteiger partial charge in [0.25, 0.3) is 0 Å². The number of halogens is 1. The van der Waals surface area contributed by atoms with Crippen molar-refractivity contribution in [3.8, 4) is 0 Å². The molecular formula is C15H20FN3O5S. The van der Waals surface area contributed by atoms with Gasteiger partial charge in [0.2, 0.25) is 10.0 Å². The maximum atomic E-state index is 12.9. The maximum Gasteiger partial charge on any atom is 0.317 e. The first-order chi connectivity index (χ1) is 11.7. The van der Waals surface area contributed by atoms with Crippen LogP contribution in [0.25, 0.3) is 0 Å². The highest BCUT2D eigenvalue weighted by Crippen LogP contribution is 2.16. The van der Waals surface area contributed by atoms with Crippen LogP contribution in [0.1, 0.15) is 6.42 Å². The number of likely N-dealkylation sites (tertiary alicyclic amines) is 1. The van der Waals surface area contributed by atoms with Crippen molar-refractivity contribution >= 4 is 22.0 Å². The van der Waals surface area contributed by atoms with E-state index in [-0.39, 0.29) is 24.5 Å². The molecule has 2 amide bonds.